The summed E-state index contributed by atoms with van der Waals surface area (Å²) in [5, 5.41) is 0. The zero-order valence-corrected chi connectivity index (χ0v) is 29.1. The molecule has 0 spiro atoms. The number of fused-ring (bicyclic) bond motifs is 1. The minimum atomic E-state index is -4.41. The molecular formula is C38H33NO10S2. The normalized spacial score (nSPS) is 12.5. The van der Waals surface area contributed by atoms with Crippen LogP contribution in [0.5, 0.6) is 17.2 Å². The number of methoxy groups -OCH3 is 1. The number of amides is 1. The van der Waals surface area contributed by atoms with Crippen LogP contribution in [-0.4, -0.2) is 40.7 Å². The number of nitrogens with zero attached hydrogens (tertiary/aromatic N) is 1. The molecule has 1 heterocycles. The Balaban J connectivity index is 1.41. The topological polar surface area (TPSA) is 143 Å². The van der Waals surface area contributed by atoms with Gasteiger partial charge < -0.3 is 22.7 Å². The quantitative estimate of drug-likeness (QED) is 0.104. The Hall–Kier alpha value is -5.66. The van der Waals surface area contributed by atoms with E-state index >= 15 is 0 Å². The summed E-state index contributed by atoms with van der Waals surface area (Å²) < 4.78 is 75.5. The molecule has 0 aromatic heterocycles. The molecule has 0 atom stereocenters. The summed E-state index contributed by atoms with van der Waals surface area (Å²) in [4.78, 5) is 28.1. The van der Waals surface area contributed by atoms with Crippen molar-refractivity contribution >= 4 is 32.1 Å². The van der Waals surface area contributed by atoms with Crippen molar-refractivity contribution in [1.29, 1.82) is 0 Å². The van der Waals surface area contributed by atoms with Crippen LogP contribution in [-0.2, 0) is 56.2 Å². The second kappa shape index (κ2) is 15.1. The molecule has 1 amide bonds. The summed E-state index contributed by atoms with van der Waals surface area (Å²) in [5.41, 5.74) is 3.15. The highest BCUT2D eigenvalue weighted by atomic mass is 32.2. The number of benzene rings is 5. The standard InChI is InChI=1S/C38H33NO10S2/c1-46-38(41)30-17-18-31-22-39(23-32(31)19-30)37(40)36-34(47-24-27-11-5-2-6-12-27)20-33(48-50(42,43)25-28-13-7-3-8-14-28)21-35(36)49-51(44,45)26-29-15-9-4-10-16-29/h2-21H,22-26H2,1H3. The lowest BCUT2D eigenvalue weighted by molar-refractivity contribution is 0.0600. The first kappa shape index (κ1) is 35.2. The van der Waals surface area contributed by atoms with Crippen molar-refractivity contribution in [2.45, 2.75) is 31.2 Å². The third kappa shape index (κ3) is 8.93. The van der Waals surface area contributed by atoms with Crippen LogP contribution in [0.3, 0.4) is 0 Å². The monoisotopic (exact) mass is 727 g/mol. The van der Waals surface area contributed by atoms with Crippen LogP contribution in [0.15, 0.2) is 121 Å². The highest BCUT2D eigenvalue weighted by Crippen LogP contribution is 2.39. The number of hydrogen-bond donors (Lipinski definition) is 0. The van der Waals surface area contributed by atoms with Crippen molar-refractivity contribution in [1.82, 2.24) is 4.90 Å². The maximum atomic E-state index is 14.4. The summed E-state index contributed by atoms with van der Waals surface area (Å²) in [6.07, 6.45) is 0. The second-order valence-corrected chi connectivity index (χ2v) is 14.9. The van der Waals surface area contributed by atoms with E-state index in [1.165, 1.54) is 18.1 Å². The molecule has 51 heavy (non-hydrogen) atoms. The Kier molecular flexibility index (Phi) is 10.4. The van der Waals surface area contributed by atoms with Gasteiger partial charge in [-0.1, -0.05) is 97.1 Å². The van der Waals surface area contributed by atoms with Gasteiger partial charge in [0.25, 0.3) is 5.91 Å². The fraction of sp³-hybridized carbons (Fsp3) is 0.158. The van der Waals surface area contributed by atoms with E-state index in [1.54, 1.807) is 103 Å². The van der Waals surface area contributed by atoms with Gasteiger partial charge in [-0.05, 0) is 39.9 Å². The Morgan fingerprint density at radius 2 is 1.16 bits per heavy atom. The first-order valence-electron chi connectivity index (χ1n) is 15.7. The fourth-order valence-electron chi connectivity index (χ4n) is 5.58. The van der Waals surface area contributed by atoms with E-state index in [2.05, 4.69) is 0 Å². The van der Waals surface area contributed by atoms with Crippen molar-refractivity contribution < 1.29 is 44.3 Å². The highest BCUT2D eigenvalue weighted by molar-refractivity contribution is 7.86. The lowest BCUT2D eigenvalue weighted by atomic mass is 10.1. The maximum Gasteiger partial charge on any atom is 0.337 e. The molecule has 0 saturated heterocycles. The lowest BCUT2D eigenvalue weighted by Gasteiger charge is -2.22. The van der Waals surface area contributed by atoms with Gasteiger partial charge in [-0.25, -0.2) is 4.79 Å². The second-order valence-electron chi connectivity index (χ2n) is 11.7. The average Bonchev–Trinajstić information content (AvgIpc) is 3.54. The predicted molar refractivity (Wildman–Crippen MR) is 188 cm³/mol. The van der Waals surface area contributed by atoms with Gasteiger partial charge in [-0.15, -0.1) is 0 Å². The average molecular weight is 728 g/mol. The SMILES string of the molecule is COC(=O)c1ccc2c(c1)CN(C(=O)c1c(OCc3ccccc3)cc(OS(=O)(=O)Cc3ccccc3)cc1OS(=O)(=O)Cc1ccccc1)C2. The minimum absolute atomic E-state index is 0.0553. The summed E-state index contributed by atoms with van der Waals surface area (Å²) >= 11 is 0. The Morgan fingerprint density at radius 3 is 1.75 bits per heavy atom. The molecule has 1 aliphatic rings. The van der Waals surface area contributed by atoms with E-state index in [0.29, 0.717) is 22.3 Å². The number of carbonyl (C=O) groups excluding carboxylic acids is 2. The van der Waals surface area contributed by atoms with E-state index < -0.39 is 49.4 Å². The molecule has 11 nitrogen and oxygen atoms in total. The molecule has 0 bridgehead atoms. The van der Waals surface area contributed by atoms with Gasteiger partial charge in [0.2, 0.25) is 0 Å². The smallest absolute Gasteiger partial charge is 0.337 e. The molecular weight excluding hydrogens is 695 g/mol. The number of hydrogen-bond acceptors (Lipinski definition) is 10. The Bertz CT molecular complexity index is 2260. The molecule has 5 aromatic rings. The molecule has 0 radical (unpaired) electrons. The third-order valence-electron chi connectivity index (χ3n) is 7.94. The number of esters is 1. The van der Waals surface area contributed by atoms with Gasteiger partial charge in [-0.2, -0.15) is 16.8 Å². The highest BCUT2D eigenvalue weighted by Gasteiger charge is 2.33. The first-order chi connectivity index (χ1) is 24.5. The van der Waals surface area contributed by atoms with Crippen LogP contribution < -0.4 is 13.1 Å². The van der Waals surface area contributed by atoms with E-state index in [0.717, 1.165) is 17.2 Å². The van der Waals surface area contributed by atoms with Gasteiger partial charge in [0.15, 0.2) is 5.75 Å². The van der Waals surface area contributed by atoms with Crippen LogP contribution in [0.4, 0.5) is 0 Å². The van der Waals surface area contributed by atoms with Crippen molar-refractivity contribution in [2.75, 3.05) is 7.11 Å². The van der Waals surface area contributed by atoms with Gasteiger partial charge in [0, 0.05) is 25.2 Å². The summed E-state index contributed by atoms with van der Waals surface area (Å²) in [5.74, 6) is -3.15. The van der Waals surface area contributed by atoms with Gasteiger partial charge in [0.1, 0.15) is 35.2 Å². The molecule has 0 saturated carbocycles. The van der Waals surface area contributed by atoms with E-state index in [1.807, 2.05) is 6.07 Å². The van der Waals surface area contributed by atoms with Crippen molar-refractivity contribution in [3.05, 3.63) is 160 Å². The molecule has 0 N–H and O–H groups in total. The molecule has 1 aliphatic heterocycles. The van der Waals surface area contributed by atoms with Crippen LogP contribution in [0.25, 0.3) is 0 Å². The molecule has 0 fully saturated rings. The van der Waals surface area contributed by atoms with Crippen LogP contribution in [0.1, 0.15) is 48.5 Å². The van der Waals surface area contributed by atoms with Gasteiger partial charge in [0.05, 0.1) is 12.7 Å². The van der Waals surface area contributed by atoms with Gasteiger partial charge in [-0.3, -0.25) is 4.79 Å². The number of rotatable bonds is 13. The van der Waals surface area contributed by atoms with Crippen molar-refractivity contribution in [3.8, 4) is 17.2 Å². The summed E-state index contributed by atoms with van der Waals surface area (Å²) in [6.45, 7) is 0.158. The van der Waals surface area contributed by atoms with E-state index in [9.17, 15) is 26.4 Å². The molecule has 6 rings (SSSR count). The summed E-state index contributed by atoms with van der Waals surface area (Å²) in [7, 11) is -7.41. The lowest BCUT2D eigenvalue weighted by Crippen LogP contribution is -2.27. The molecule has 5 aromatic carbocycles. The zero-order valence-electron chi connectivity index (χ0n) is 27.4. The van der Waals surface area contributed by atoms with Crippen molar-refractivity contribution in [3.63, 3.8) is 0 Å². The molecule has 0 unspecified atom stereocenters. The third-order valence-corrected chi connectivity index (χ3v) is 10.2. The van der Waals surface area contributed by atoms with Gasteiger partial charge >= 0.3 is 26.2 Å². The van der Waals surface area contributed by atoms with Crippen molar-refractivity contribution in [2.24, 2.45) is 0 Å². The first-order valence-corrected chi connectivity index (χ1v) is 18.9. The van der Waals surface area contributed by atoms with Crippen LogP contribution in [0, 0.1) is 0 Å². The van der Waals surface area contributed by atoms with Crippen LogP contribution in [0.2, 0.25) is 0 Å². The minimum Gasteiger partial charge on any atom is -0.488 e. The summed E-state index contributed by atoms with van der Waals surface area (Å²) in [6, 6.07) is 33.0. The largest absolute Gasteiger partial charge is 0.488 e. The molecule has 13 heteroatoms. The molecule has 0 aliphatic carbocycles. The molecule has 262 valence electrons. The number of carbonyl (C=O) groups is 2. The number of ether oxygens (including phenoxy) is 2. The Morgan fingerprint density at radius 1 is 0.627 bits per heavy atom. The predicted octanol–water partition coefficient (Wildman–Crippen LogP) is 6.03. The maximum absolute atomic E-state index is 14.4. The zero-order chi connectivity index (χ0) is 36.0. The van der Waals surface area contributed by atoms with Crippen LogP contribution >= 0.6 is 0 Å². The Labute approximate surface area is 296 Å². The van der Waals surface area contributed by atoms with E-state index in [-0.39, 0.29) is 36.8 Å². The fourth-order valence-corrected chi connectivity index (χ4v) is 7.69. The van der Waals surface area contributed by atoms with E-state index in [4.69, 9.17) is 17.8 Å².